The number of carbonyl (C=O) groups is 2. The molecular weight excluding hydrogens is 1290 g/mol. The fraction of sp³-hybridized carbons (Fsp3) is 0.926. The molecule has 0 aliphatic carbocycles. The summed E-state index contributed by atoms with van der Waals surface area (Å²) in [5.41, 5.74) is 0. The van der Waals surface area contributed by atoms with E-state index in [1.807, 2.05) is 20.4 Å². The second-order valence-corrected chi connectivity index (χ2v) is 49.1. The first-order valence-electron chi connectivity index (χ1n) is 24.0. The molecule has 79 heavy (non-hydrogen) atoms. The summed E-state index contributed by atoms with van der Waals surface area (Å²) < 4.78 is 77.7. The summed E-state index contributed by atoms with van der Waals surface area (Å²) in [6, 6.07) is 6.54. The zero-order chi connectivity index (χ0) is 49.6. The average Bonchev–Trinajstić information content (AvgIpc) is 3.21. The van der Waals surface area contributed by atoms with E-state index in [1.54, 1.807) is 35.5 Å². The van der Waals surface area contributed by atoms with Crippen LogP contribution >= 0.6 is 0 Å². The first kappa shape index (κ1) is 116. The van der Waals surface area contributed by atoms with Gasteiger partial charge in [-0.05, 0) is 127 Å². The van der Waals surface area contributed by atoms with Crippen molar-refractivity contribution in [3.05, 3.63) is 13.8 Å². The minimum Gasteiger partial charge on any atom is -0.465 e. The first-order chi connectivity index (χ1) is 30.2. The molecule has 2 aliphatic rings. The Hall–Kier alpha value is 2.44. The summed E-state index contributed by atoms with van der Waals surface area (Å²) in [6.45, 7) is 33.4. The van der Waals surface area contributed by atoms with Crippen molar-refractivity contribution in [1.29, 1.82) is 0 Å². The second kappa shape index (κ2) is 55.7. The first-order valence-corrected chi connectivity index (χ1v) is 44.7. The van der Waals surface area contributed by atoms with Crippen LogP contribution in [0, 0.1) is 25.7 Å². The molecule has 0 aromatic carbocycles. The molecule has 0 amide bonds. The van der Waals surface area contributed by atoms with Crippen molar-refractivity contribution in [1.82, 2.24) is 0 Å². The molecule has 15 nitrogen and oxygen atoms in total. The Morgan fingerprint density at radius 2 is 0.797 bits per heavy atom. The predicted octanol–water partition coefficient (Wildman–Crippen LogP) is 17.8. The quantitative estimate of drug-likeness (QED) is 0.0412. The van der Waals surface area contributed by atoms with Gasteiger partial charge in [0.05, 0.1) is 25.0 Å². The number of carbonyl (C=O) groups excluding carboxylic acids is 2. The largest absolute Gasteiger partial charge is 0.500 e. The van der Waals surface area contributed by atoms with Crippen LogP contribution in [0.4, 0.5) is 0 Å². The van der Waals surface area contributed by atoms with Gasteiger partial charge < -0.3 is 70.8 Å². The van der Waals surface area contributed by atoms with Gasteiger partial charge in [0.2, 0.25) is 0 Å². The maximum Gasteiger partial charge on any atom is 0.500 e. The Balaban J connectivity index is -0.0000000757. The molecule has 0 aromatic rings. The maximum absolute atomic E-state index is 12.8. The second-order valence-electron chi connectivity index (χ2n) is 19.8. The van der Waals surface area contributed by atoms with Gasteiger partial charge in [0, 0.05) is 120 Å². The van der Waals surface area contributed by atoms with E-state index < -0.39 is 68.2 Å². The van der Waals surface area contributed by atoms with E-state index >= 15 is 0 Å². The summed E-state index contributed by atoms with van der Waals surface area (Å²) in [6.07, 6.45) is 7.01. The predicted molar refractivity (Wildman–Crippen MR) is 357 cm³/mol. The molecule has 2 heterocycles. The normalized spacial score (nSPS) is 23.0. The summed E-state index contributed by atoms with van der Waals surface area (Å²) in [5.74, 6) is -0.735. The van der Waals surface area contributed by atoms with Crippen LogP contribution in [0.3, 0.4) is 0 Å². The Labute approximate surface area is 556 Å². The Morgan fingerprint density at radius 3 is 1.08 bits per heavy atom. The average molecular weight is 1430 g/mol. The molecule has 2 radical (unpaired) electrons. The van der Waals surface area contributed by atoms with Crippen LogP contribution < -0.4 is 0 Å². The fourth-order valence-corrected chi connectivity index (χ4v) is 41.1. The minimum absolute atomic E-state index is 0. The van der Waals surface area contributed by atoms with Gasteiger partial charge in [0.1, 0.15) is 0 Å². The van der Waals surface area contributed by atoms with Crippen LogP contribution in [-0.2, 0) is 132 Å². The van der Waals surface area contributed by atoms with Crippen molar-refractivity contribution in [3.8, 4) is 0 Å². The number of rotatable bonds is 23. The van der Waals surface area contributed by atoms with Gasteiger partial charge in [0.15, 0.2) is 16.6 Å². The van der Waals surface area contributed by atoms with Gasteiger partial charge in [0.25, 0.3) is 0 Å². The Morgan fingerprint density at radius 1 is 0.494 bits per heavy atom. The molecule has 0 saturated carbocycles. The molecule has 2 fully saturated rings. The van der Waals surface area contributed by atoms with Gasteiger partial charge in [-0.3, -0.25) is 9.59 Å². The van der Waals surface area contributed by atoms with Crippen LogP contribution in [0.2, 0.25) is 107 Å². The molecule has 2 saturated heterocycles. The molecule has 0 aromatic heterocycles. The van der Waals surface area contributed by atoms with E-state index in [-0.39, 0.29) is 178 Å². The number of hydrogen-bond acceptors (Lipinski definition) is 15. The van der Waals surface area contributed by atoms with Crippen LogP contribution in [-0.4, -0.2) is 142 Å². The van der Waals surface area contributed by atoms with Crippen molar-refractivity contribution in [2.24, 2.45) is 11.8 Å². The van der Waals surface area contributed by atoms with Gasteiger partial charge in [-0.25, -0.2) is 0 Å². The topological polar surface area (TPSA) is 154 Å². The maximum atomic E-state index is 12.8. The molecule has 2 aliphatic heterocycles. The van der Waals surface area contributed by atoms with Crippen LogP contribution in [0.25, 0.3) is 0 Å². The summed E-state index contributed by atoms with van der Waals surface area (Å²) in [7, 11) is -10.5. The fourth-order valence-electron chi connectivity index (χ4n) is 8.87. The molecule has 0 spiro atoms. The standard InChI is InChI=1S/C21H47O8Si4.C21H47O7Si4.12CH4.2Y/c1-10-16-32(9)28-30(6,7)27-15-11-12-17-31(8,29-32)19-20(2)21(22)26-14-13-18-33(23-3,24-4)25-5;1-10-16-32(9)27-29(5,6)26-15-11-12-17-30(7,28-32)19-20(2)21(22)25-14-13-18-31(8,23-3)24-4;;;;;;;;;;;;;;/h20H,1,10-19H2,2-9H3;20H,1,10-19H2,2-9H3;12*1H4;;/q2*-1;;;;;;;;;;;;;;. The molecule has 0 N–H and O–H groups in total. The Kier molecular flexibility index (Phi) is 81.7. The number of esters is 2. The van der Waals surface area contributed by atoms with E-state index in [0.29, 0.717) is 25.7 Å². The summed E-state index contributed by atoms with van der Waals surface area (Å²) >= 11 is 0. The van der Waals surface area contributed by atoms with Gasteiger partial charge in [-0.15, -0.1) is 0 Å². The van der Waals surface area contributed by atoms with Crippen LogP contribution in [0.15, 0.2) is 0 Å². The minimum atomic E-state index is -2.64. The smallest absolute Gasteiger partial charge is 0.465 e. The van der Waals surface area contributed by atoms with Crippen molar-refractivity contribution < 1.29 is 132 Å². The third kappa shape index (κ3) is 46.3. The zero-order valence-corrected chi connectivity index (χ0v) is 58.7. The molecule has 6 atom stereocenters. The van der Waals surface area contributed by atoms with Crippen molar-refractivity contribution in [3.63, 3.8) is 0 Å². The molecule has 2 rings (SSSR count). The van der Waals surface area contributed by atoms with Gasteiger partial charge >= 0.3 is 63.5 Å². The van der Waals surface area contributed by atoms with Crippen molar-refractivity contribution in [2.45, 2.75) is 262 Å². The van der Waals surface area contributed by atoms with Crippen LogP contribution in [0.5, 0.6) is 0 Å². The molecule has 488 valence electrons. The molecule has 0 bridgehead atoms. The van der Waals surface area contributed by atoms with Gasteiger partial charge in [-0.2, -0.15) is 12.8 Å². The number of ether oxygens (including phenoxy) is 2. The SMILES string of the molecule is C.C.C.C.C.C.C.C.C.C.C.C.[CH2-]CC[Si]1(C)O[Si](C)(CC(C)C(=O)OCCC[Si](C)(OC)OC)CCCCO[Si](C)(C)O1.[CH2-]CC[Si]1(C)O[Si](C)(CC(C)C(=O)OCCC[Si](OC)(OC)OC)CCCCO[Si](C)(C)O1.[Y].[Y]. The summed E-state index contributed by atoms with van der Waals surface area (Å²) in [5, 5.41) is 0. The van der Waals surface area contributed by atoms with Crippen molar-refractivity contribution >= 4 is 80.2 Å². The molecule has 25 heteroatoms. The zero-order valence-electron chi connectivity index (χ0n) is 45.0. The van der Waals surface area contributed by atoms with Crippen LogP contribution in [0.1, 0.15) is 154 Å². The van der Waals surface area contributed by atoms with E-state index in [0.717, 1.165) is 100 Å². The third-order valence-corrected chi connectivity index (χ3v) is 42.9. The molecule has 6 unspecified atom stereocenters. The monoisotopic (exact) mass is 1430 g/mol. The van der Waals surface area contributed by atoms with E-state index in [4.69, 9.17) is 56.9 Å². The molecular formula is C54H142O15Si8Y2-2. The van der Waals surface area contributed by atoms with Gasteiger partial charge in [-0.1, -0.05) is 116 Å². The van der Waals surface area contributed by atoms with E-state index in [9.17, 15) is 9.59 Å². The summed E-state index contributed by atoms with van der Waals surface area (Å²) in [4.78, 5) is 25.5. The van der Waals surface area contributed by atoms with Crippen molar-refractivity contribution in [2.75, 3.05) is 62.0 Å². The third-order valence-electron chi connectivity index (χ3n) is 12.2. The number of hydrogen-bond donors (Lipinski definition) is 0. The van der Waals surface area contributed by atoms with E-state index in [2.05, 4.69) is 66.2 Å². The van der Waals surface area contributed by atoms with E-state index in [1.165, 1.54) is 0 Å². The Bertz CT molecular complexity index is 1380.